The second kappa shape index (κ2) is 7.89. The summed E-state index contributed by atoms with van der Waals surface area (Å²) < 4.78 is 38.7. The van der Waals surface area contributed by atoms with E-state index in [1.807, 2.05) is 31.2 Å². The summed E-state index contributed by atoms with van der Waals surface area (Å²) >= 11 is 0. The number of sulfonamides is 1. The molecule has 0 amide bonds. The number of benzene rings is 2. The SMILES string of the molecule is CCOc1ccc(Oc2ccc(S(=O)(=O)NC3CCCC3)cc2)cc1. The van der Waals surface area contributed by atoms with Gasteiger partial charge in [0.1, 0.15) is 17.2 Å². The summed E-state index contributed by atoms with van der Waals surface area (Å²) in [7, 11) is -3.47. The van der Waals surface area contributed by atoms with E-state index in [2.05, 4.69) is 4.72 Å². The molecule has 2 aromatic carbocycles. The Kier molecular flexibility index (Phi) is 5.60. The van der Waals surface area contributed by atoms with Crippen LogP contribution in [0.4, 0.5) is 0 Å². The molecule has 0 spiro atoms. The average Bonchev–Trinajstić information content (AvgIpc) is 3.10. The van der Waals surface area contributed by atoms with Gasteiger partial charge >= 0.3 is 0 Å². The summed E-state index contributed by atoms with van der Waals surface area (Å²) in [6.45, 7) is 2.55. The maximum absolute atomic E-state index is 12.4. The van der Waals surface area contributed by atoms with Crippen molar-refractivity contribution in [3.05, 3.63) is 48.5 Å². The minimum Gasteiger partial charge on any atom is -0.494 e. The number of rotatable bonds is 7. The van der Waals surface area contributed by atoms with Gasteiger partial charge in [-0.2, -0.15) is 0 Å². The molecule has 0 aliphatic heterocycles. The van der Waals surface area contributed by atoms with Crippen molar-refractivity contribution in [2.24, 2.45) is 0 Å². The molecular weight excluding hydrogens is 338 g/mol. The molecule has 6 heteroatoms. The minimum absolute atomic E-state index is 0.0600. The molecule has 1 saturated carbocycles. The van der Waals surface area contributed by atoms with E-state index in [0.717, 1.165) is 31.4 Å². The number of hydrogen-bond acceptors (Lipinski definition) is 4. The molecule has 1 fully saturated rings. The Balaban J connectivity index is 1.65. The van der Waals surface area contributed by atoms with E-state index < -0.39 is 10.0 Å². The first kappa shape index (κ1) is 17.8. The lowest BCUT2D eigenvalue weighted by atomic mass is 10.3. The molecule has 1 aliphatic rings. The smallest absolute Gasteiger partial charge is 0.240 e. The predicted molar refractivity (Wildman–Crippen MR) is 96.7 cm³/mol. The van der Waals surface area contributed by atoms with E-state index >= 15 is 0 Å². The Hall–Kier alpha value is -2.05. The zero-order chi connectivity index (χ0) is 17.7. The average molecular weight is 361 g/mol. The Morgan fingerprint density at radius 2 is 1.44 bits per heavy atom. The highest BCUT2D eigenvalue weighted by atomic mass is 32.2. The van der Waals surface area contributed by atoms with Crippen molar-refractivity contribution >= 4 is 10.0 Å². The highest BCUT2D eigenvalue weighted by Crippen LogP contribution is 2.26. The van der Waals surface area contributed by atoms with Crippen LogP contribution in [0.2, 0.25) is 0 Å². The molecule has 1 N–H and O–H groups in total. The molecule has 0 atom stereocenters. The number of nitrogens with one attached hydrogen (secondary N) is 1. The summed E-state index contributed by atoms with van der Waals surface area (Å²) in [5, 5.41) is 0. The van der Waals surface area contributed by atoms with Gasteiger partial charge < -0.3 is 9.47 Å². The van der Waals surface area contributed by atoms with Crippen molar-refractivity contribution in [1.82, 2.24) is 4.72 Å². The monoisotopic (exact) mass is 361 g/mol. The van der Waals surface area contributed by atoms with Gasteiger partial charge in [0.05, 0.1) is 11.5 Å². The molecule has 0 heterocycles. The van der Waals surface area contributed by atoms with Crippen LogP contribution in [0.15, 0.2) is 53.4 Å². The van der Waals surface area contributed by atoms with Crippen molar-refractivity contribution in [3.8, 4) is 17.2 Å². The molecule has 25 heavy (non-hydrogen) atoms. The van der Waals surface area contributed by atoms with Gasteiger partial charge in [0.2, 0.25) is 10.0 Å². The molecule has 2 aromatic rings. The molecule has 0 saturated heterocycles. The lowest BCUT2D eigenvalue weighted by Crippen LogP contribution is -2.32. The Labute approximate surface area is 149 Å². The largest absolute Gasteiger partial charge is 0.494 e. The maximum atomic E-state index is 12.4. The zero-order valence-electron chi connectivity index (χ0n) is 14.3. The van der Waals surface area contributed by atoms with Crippen LogP contribution in [0.1, 0.15) is 32.6 Å². The van der Waals surface area contributed by atoms with Crippen molar-refractivity contribution in [3.63, 3.8) is 0 Å². The van der Waals surface area contributed by atoms with E-state index in [-0.39, 0.29) is 10.9 Å². The van der Waals surface area contributed by atoms with E-state index in [4.69, 9.17) is 9.47 Å². The van der Waals surface area contributed by atoms with Crippen LogP contribution in [0, 0.1) is 0 Å². The molecule has 0 radical (unpaired) electrons. The molecule has 0 bridgehead atoms. The summed E-state index contributed by atoms with van der Waals surface area (Å²) in [6.07, 6.45) is 4.00. The Morgan fingerprint density at radius 1 is 0.920 bits per heavy atom. The second-order valence-corrected chi connectivity index (χ2v) is 7.79. The molecule has 1 aliphatic carbocycles. The highest BCUT2D eigenvalue weighted by molar-refractivity contribution is 7.89. The van der Waals surface area contributed by atoms with Gasteiger partial charge in [0.15, 0.2) is 0 Å². The fraction of sp³-hybridized carbons (Fsp3) is 0.368. The van der Waals surface area contributed by atoms with Crippen LogP contribution in [0.25, 0.3) is 0 Å². The van der Waals surface area contributed by atoms with E-state index in [0.29, 0.717) is 18.1 Å². The third kappa shape index (κ3) is 4.74. The standard InChI is InChI=1S/C19H23NO4S/c1-2-23-16-7-9-17(10-8-16)24-18-11-13-19(14-12-18)25(21,22)20-15-5-3-4-6-15/h7-15,20H,2-6H2,1H3. The number of hydrogen-bond donors (Lipinski definition) is 1. The summed E-state index contributed by atoms with van der Waals surface area (Å²) in [5.74, 6) is 2.04. The zero-order valence-corrected chi connectivity index (χ0v) is 15.1. The molecule has 0 unspecified atom stereocenters. The first-order valence-corrected chi connectivity index (χ1v) is 10.1. The summed E-state index contributed by atoms with van der Waals surface area (Å²) in [4.78, 5) is 0.262. The normalized spacial score (nSPS) is 15.2. The number of ether oxygens (including phenoxy) is 2. The van der Waals surface area contributed by atoms with Crippen molar-refractivity contribution < 1.29 is 17.9 Å². The predicted octanol–water partition coefficient (Wildman–Crippen LogP) is 4.10. The summed E-state index contributed by atoms with van der Waals surface area (Å²) in [6, 6.07) is 13.8. The van der Waals surface area contributed by atoms with Gasteiger partial charge in [-0.15, -0.1) is 0 Å². The van der Waals surface area contributed by atoms with E-state index in [1.54, 1.807) is 24.3 Å². The van der Waals surface area contributed by atoms with Gasteiger partial charge in [-0.1, -0.05) is 12.8 Å². The second-order valence-electron chi connectivity index (χ2n) is 6.08. The van der Waals surface area contributed by atoms with Crippen LogP contribution in [-0.2, 0) is 10.0 Å². The van der Waals surface area contributed by atoms with Crippen LogP contribution < -0.4 is 14.2 Å². The minimum atomic E-state index is -3.47. The lowest BCUT2D eigenvalue weighted by molar-refractivity contribution is 0.339. The molecule has 0 aromatic heterocycles. The van der Waals surface area contributed by atoms with Crippen LogP contribution in [0.5, 0.6) is 17.2 Å². The first-order valence-electron chi connectivity index (χ1n) is 8.60. The fourth-order valence-corrected chi connectivity index (χ4v) is 4.23. The van der Waals surface area contributed by atoms with E-state index in [9.17, 15) is 8.42 Å². The van der Waals surface area contributed by atoms with Crippen molar-refractivity contribution in [1.29, 1.82) is 0 Å². The van der Waals surface area contributed by atoms with Crippen LogP contribution >= 0.6 is 0 Å². The van der Waals surface area contributed by atoms with Gasteiger partial charge in [-0.25, -0.2) is 13.1 Å². The molecule has 3 rings (SSSR count). The highest BCUT2D eigenvalue weighted by Gasteiger charge is 2.22. The summed E-state index contributed by atoms with van der Waals surface area (Å²) in [5.41, 5.74) is 0. The van der Waals surface area contributed by atoms with Crippen LogP contribution in [-0.4, -0.2) is 21.1 Å². The van der Waals surface area contributed by atoms with Crippen LogP contribution in [0.3, 0.4) is 0 Å². The Bertz CT molecular complexity index is 779. The van der Waals surface area contributed by atoms with Gasteiger partial charge in [-0.05, 0) is 68.3 Å². The quantitative estimate of drug-likeness (QED) is 0.806. The Morgan fingerprint density at radius 3 is 2.00 bits per heavy atom. The van der Waals surface area contributed by atoms with Crippen molar-refractivity contribution in [2.75, 3.05) is 6.61 Å². The van der Waals surface area contributed by atoms with Gasteiger partial charge in [-0.3, -0.25) is 0 Å². The topological polar surface area (TPSA) is 64.6 Å². The lowest BCUT2D eigenvalue weighted by Gasteiger charge is -2.13. The van der Waals surface area contributed by atoms with Gasteiger partial charge in [0.25, 0.3) is 0 Å². The molecular formula is C19H23NO4S. The van der Waals surface area contributed by atoms with Gasteiger partial charge in [0, 0.05) is 6.04 Å². The molecule has 5 nitrogen and oxygen atoms in total. The third-order valence-corrected chi connectivity index (χ3v) is 5.72. The maximum Gasteiger partial charge on any atom is 0.240 e. The van der Waals surface area contributed by atoms with E-state index in [1.165, 1.54) is 0 Å². The fourth-order valence-electron chi connectivity index (χ4n) is 2.92. The molecule has 134 valence electrons. The van der Waals surface area contributed by atoms with Crippen molar-refractivity contribution in [2.45, 2.75) is 43.5 Å². The first-order chi connectivity index (χ1) is 12.1. The third-order valence-electron chi connectivity index (χ3n) is 4.18.